The van der Waals surface area contributed by atoms with Crippen molar-refractivity contribution in [2.45, 2.75) is 25.7 Å². The zero-order valence-electron chi connectivity index (χ0n) is 16.9. The molecule has 29 heavy (non-hydrogen) atoms. The Kier molecular flexibility index (Phi) is 6.24. The first kappa shape index (κ1) is 19.6. The topological polar surface area (TPSA) is 61.7 Å². The number of amides is 2. The highest BCUT2D eigenvalue weighted by Gasteiger charge is 2.25. The van der Waals surface area contributed by atoms with Crippen LogP contribution in [0.15, 0.2) is 42.7 Å². The largest absolute Gasteiger partial charge is 0.342 e. The molecule has 0 unspecified atom stereocenters. The molecule has 2 saturated heterocycles. The third-order valence-electron chi connectivity index (χ3n) is 5.86. The lowest BCUT2D eigenvalue weighted by Crippen LogP contribution is -2.51. The molecule has 154 valence electrons. The predicted molar refractivity (Wildman–Crippen MR) is 111 cm³/mol. The minimum atomic E-state index is 0.0514. The lowest BCUT2D eigenvalue weighted by atomic mass is 10.1. The van der Waals surface area contributed by atoms with Crippen LogP contribution in [0.4, 0.5) is 0 Å². The molecule has 1 aromatic heterocycles. The van der Waals surface area contributed by atoms with Crippen LogP contribution in [-0.2, 0) is 4.79 Å². The van der Waals surface area contributed by atoms with E-state index in [1.807, 2.05) is 46.3 Å². The minimum absolute atomic E-state index is 0.0514. The molecule has 0 N–H and O–H groups in total. The van der Waals surface area contributed by atoms with Crippen molar-refractivity contribution in [1.29, 1.82) is 0 Å². The molecule has 0 radical (unpaired) electrons. The summed E-state index contributed by atoms with van der Waals surface area (Å²) in [6, 6.07) is 9.41. The van der Waals surface area contributed by atoms with Crippen LogP contribution < -0.4 is 0 Å². The van der Waals surface area contributed by atoms with Gasteiger partial charge in [0, 0.05) is 57.2 Å². The average molecular weight is 396 g/mol. The second-order valence-electron chi connectivity index (χ2n) is 7.86. The minimum Gasteiger partial charge on any atom is -0.342 e. The number of benzene rings is 1. The Morgan fingerprint density at radius 2 is 1.52 bits per heavy atom. The highest BCUT2D eigenvalue weighted by molar-refractivity contribution is 5.94. The summed E-state index contributed by atoms with van der Waals surface area (Å²) >= 11 is 0. The molecule has 3 heterocycles. The Bertz CT molecular complexity index is 802. The average Bonchev–Trinajstić information content (AvgIpc) is 3.16. The Morgan fingerprint density at radius 1 is 0.828 bits per heavy atom. The van der Waals surface area contributed by atoms with Gasteiger partial charge in [-0.1, -0.05) is 12.8 Å². The summed E-state index contributed by atoms with van der Waals surface area (Å²) < 4.78 is 1.77. The van der Waals surface area contributed by atoms with Crippen LogP contribution in [0.2, 0.25) is 0 Å². The molecule has 2 amide bonds. The maximum atomic E-state index is 12.8. The number of piperazine rings is 1. The van der Waals surface area contributed by atoms with E-state index < -0.39 is 0 Å². The lowest BCUT2D eigenvalue weighted by molar-refractivity contribution is -0.132. The monoisotopic (exact) mass is 395 g/mol. The van der Waals surface area contributed by atoms with Gasteiger partial charge in [-0.2, -0.15) is 5.10 Å². The van der Waals surface area contributed by atoms with Gasteiger partial charge in [0.15, 0.2) is 0 Å². The standard InChI is InChI=1S/C22H29N5O2/c28-21(25-11-3-1-2-4-12-25)18-24-14-16-26(17-15-24)22(29)19-6-8-20(9-7-19)27-13-5-10-23-27/h5-10,13H,1-4,11-12,14-18H2. The van der Waals surface area contributed by atoms with E-state index in [1.165, 1.54) is 12.8 Å². The third-order valence-corrected chi connectivity index (χ3v) is 5.86. The molecule has 2 aromatic rings. The van der Waals surface area contributed by atoms with Gasteiger partial charge < -0.3 is 9.80 Å². The lowest BCUT2D eigenvalue weighted by Gasteiger charge is -2.35. The van der Waals surface area contributed by atoms with Gasteiger partial charge in [0.1, 0.15) is 0 Å². The fraction of sp³-hybridized carbons (Fsp3) is 0.500. The van der Waals surface area contributed by atoms with Crippen LogP contribution in [-0.4, -0.2) is 82.1 Å². The second-order valence-corrected chi connectivity index (χ2v) is 7.86. The molecule has 7 nitrogen and oxygen atoms in total. The van der Waals surface area contributed by atoms with Gasteiger partial charge in [-0.25, -0.2) is 4.68 Å². The van der Waals surface area contributed by atoms with Gasteiger partial charge in [-0.3, -0.25) is 14.5 Å². The van der Waals surface area contributed by atoms with Gasteiger partial charge >= 0.3 is 0 Å². The van der Waals surface area contributed by atoms with Crippen molar-refractivity contribution in [2.24, 2.45) is 0 Å². The Balaban J connectivity index is 1.27. The molecule has 0 aliphatic carbocycles. The van der Waals surface area contributed by atoms with Crippen LogP contribution in [0.1, 0.15) is 36.0 Å². The Hall–Kier alpha value is -2.67. The fourth-order valence-electron chi connectivity index (χ4n) is 4.08. The van der Waals surface area contributed by atoms with E-state index >= 15 is 0 Å². The summed E-state index contributed by atoms with van der Waals surface area (Å²) in [6.45, 7) is 5.08. The molecule has 2 aliphatic rings. The molecule has 0 spiro atoms. The number of rotatable bonds is 4. The van der Waals surface area contributed by atoms with Crippen LogP contribution in [0, 0.1) is 0 Å². The molecule has 0 saturated carbocycles. The first-order valence-corrected chi connectivity index (χ1v) is 10.6. The summed E-state index contributed by atoms with van der Waals surface area (Å²) in [7, 11) is 0. The van der Waals surface area contributed by atoms with E-state index in [4.69, 9.17) is 0 Å². The zero-order valence-corrected chi connectivity index (χ0v) is 16.9. The Morgan fingerprint density at radius 3 is 2.14 bits per heavy atom. The van der Waals surface area contributed by atoms with Crippen molar-refractivity contribution in [3.8, 4) is 5.69 Å². The molecule has 4 rings (SSSR count). The number of likely N-dealkylation sites (tertiary alicyclic amines) is 1. The normalized spacial score (nSPS) is 18.5. The van der Waals surface area contributed by atoms with Gasteiger partial charge in [-0.05, 0) is 43.2 Å². The number of hydrogen-bond acceptors (Lipinski definition) is 4. The van der Waals surface area contributed by atoms with Crippen LogP contribution in [0.25, 0.3) is 5.69 Å². The number of hydrogen-bond donors (Lipinski definition) is 0. The van der Waals surface area contributed by atoms with Crippen molar-refractivity contribution in [2.75, 3.05) is 45.8 Å². The van der Waals surface area contributed by atoms with Crippen LogP contribution in [0.5, 0.6) is 0 Å². The maximum Gasteiger partial charge on any atom is 0.253 e. The van der Waals surface area contributed by atoms with E-state index in [1.54, 1.807) is 10.9 Å². The molecular weight excluding hydrogens is 366 g/mol. The van der Waals surface area contributed by atoms with E-state index in [9.17, 15) is 9.59 Å². The summed E-state index contributed by atoms with van der Waals surface area (Å²) in [4.78, 5) is 31.5. The van der Waals surface area contributed by atoms with Gasteiger partial charge in [0.25, 0.3) is 5.91 Å². The SMILES string of the molecule is O=C(CN1CCN(C(=O)c2ccc(-n3cccn3)cc2)CC1)N1CCCCCC1. The van der Waals surface area contributed by atoms with Crippen molar-refractivity contribution in [3.05, 3.63) is 48.3 Å². The quantitative estimate of drug-likeness (QED) is 0.795. The van der Waals surface area contributed by atoms with Crippen LogP contribution in [0.3, 0.4) is 0 Å². The van der Waals surface area contributed by atoms with E-state index in [0.717, 1.165) is 44.7 Å². The second kappa shape index (κ2) is 9.22. The highest BCUT2D eigenvalue weighted by atomic mass is 16.2. The predicted octanol–water partition coefficient (Wildman–Crippen LogP) is 2.03. The van der Waals surface area contributed by atoms with Gasteiger partial charge in [0.2, 0.25) is 5.91 Å². The smallest absolute Gasteiger partial charge is 0.253 e. The summed E-state index contributed by atoms with van der Waals surface area (Å²) in [5.74, 6) is 0.288. The number of aromatic nitrogens is 2. The van der Waals surface area contributed by atoms with Crippen molar-refractivity contribution < 1.29 is 9.59 Å². The zero-order chi connectivity index (χ0) is 20.1. The molecule has 0 bridgehead atoms. The first-order valence-electron chi connectivity index (χ1n) is 10.6. The number of carbonyl (C=O) groups excluding carboxylic acids is 2. The molecule has 0 atom stereocenters. The van der Waals surface area contributed by atoms with Crippen molar-refractivity contribution in [1.82, 2.24) is 24.5 Å². The maximum absolute atomic E-state index is 12.8. The van der Waals surface area contributed by atoms with E-state index in [2.05, 4.69) is 10.00 Å². The summed E-state index contributed by atoms with van der Waals surface area (Å²) in [5, 5.41) is 4.21. The molecule has 2 aliphatic heterocycles. The van der Waals surface area contributed by atoms with Gasteiger partial charge in [0.05, 0.1) is 12.2 Å². The number of nitrogens with zero attached hydrogens (tertiary/aromatic N) is 5. The van der Waals surface area contributed by atoms with Crippen molar-refractivity contribution in [3.63, 3.8) is 0 Å². The highest BCUT2D eigenvalue weighted by Crippen LogP contribution is 2.14. The molecule has 2 fully saturated rings. The van der Waals surface area contributed by atoms with Crippen LogP contribution >= 0.6 is 0 Å². The third kappa shape index (κ3) is 4.85. The van der Waals surface area contributed by atoms with Gasteiger partial charge in [-0.15, -0.1) is 0 Å². The fourth-order valence-corrected chi connectivity index (χ4v) is 4.08. The van der Waals surface area contributed by atoms with E-state index in [-0.39, 0.29) is 11.8 Å². The molecule has 7 heteroatoms. The first-order chi connectivity index (χ1) is 14.2. The Labute approximate surface area is 171 Å². The van der Waals surface area contributed by atoms with E-state index in [0.29, 0.717) is 25.2 Å². The number of carbonyl (C=O) groups is 2. The molecular formula is C22H29N5O2. The molecule has 1 aromatic carbocycles. The summed E-state index contributed by atoms with van der Waals surface area (Å²) in [5.41, 5.74) is 1.62. The van der Waals surface area contributed by atoms with Crippen molar-refractivity contribution >= 4 is 11.8 Å². The summed E-state index contributed by atoms with van der Waals surface area (Å²) in [6.07, 6.45) is 8.31.